The quantitative estimate of drug-likeness (QED) is 0.888. The molecule has 20 heavy (non-hydrogen) atoms. The van der Waals surface area contributed by atoms with Crippen molar-refractivity contribution in [3.63, 3.8) is 0 Å². The molecular formula is C14H17ClN2O3. The first-order chi connectivity index (χ1) is 9.51. The first-order valence-corrected chi connectivity index (χ1v) is 6.58. The Hall–Kier alpha value is -1.72. The van der Waals surface area contributed by atoms with Gasteiger partial charge in [0.2, 0.25) is 5.89 Å². The number of rotatable bonds is 5. The molecule has 0 unspecified atom stereocenters. The van der Waals surface area contributed by atoms with Crippen LogP contribution >= 0.6 is 11.6 Å². The largest absolute Gasteiger partial charge is 0.504 e. The Balaban J connectivity index is 2.02. The zero-order chi connectivity index (χ0) is 14.7. The summed E-state index contributed by atoms with van der Waals surface area (Å²) in [5, 5.41) is 13.7. The van der Waals surface area contributed by atoms with Crippen LogP contribution in [0.4, 0.5) is 0 Å². The normalized spacial score (nSPS) is 10.8. The van der Waals surface area contributed by atoms with Gasteiger partial charge < -0.3 is 19.6 Å². The van der Waals surface area contributed by atoms with E-state index < -0.39 is 0 Å². The number of hydrogen-bond acceptors (Lipinski definition) is 5. The molecule has 2 N–H and O–H groups in total. The summed E-state index contributed by atoms with van der Waals surface area (Å²) in [5.41, 5.74) is 1.54. The van der Waals surface area contributed by atoms with E-state index in [1.54, 1.807) is 12.1 Å². The van der Waals surface area contributed by atoms with Gasteiger partial charge in [-0.3, -0.25) is 0 Å². The van der Waals surface area contributed by atoms with Gasteiger partial charge in [-0.1, -0.05) is 11.6 Å². The number of halogens is 1. The molecule has 0 saturated heterocycles. The van der Waals surface area contributed by atoms with Gasteiger partial charge in [0.1, 0.15) is 5.76 Å². The van der Waals surface area contributed by atoms with E-state index in [-0.39, 0.29) is 5.75 Å². The third kappa shape index (κ3) is 3.23. The zero-order valence-corrected chi connectivity index (χ0v) is 12.4. The molecule has 0 aliphatic carbocycles. The summed E-state index contributed by atoms with van der Waals surface area (Å²) in [6.07, 6.45) is 0. The summed E-state index contributed by atoms with van der Waals surface area (Å²) in [6.45, 7) is 4.68. The molecule has 1 aromatic carbocycles. The van der Waals surface area contributed by atoms with Crippen LogP contribution in [0.15, 0.2) is 16.5 Å². The van der Waals surface area contributed by atoms with E-state index in [9.17, 15) is 5.11 Å². The molecule has 1 aromatic heterocycles. The molecule has 0 fully saturated rings. The smallest absolute Gasteiger partial charge is 0.208 e. The van der Waals surface area contributed by atoms with Crippen LogP contribution < -0.4 is 10.1 Å². The molecule has 0 aliphatic heterocycles. The van der Waals surface area contributed by atoms with E-state index in [1.807, 2.05) is 13.8 Å². The summed E-state index contributed by atoms with van der Waals surface area (Å²) >= 11 is 5.97. The summed E-state index contributed by atoms with van der Waals surface area (Å²) in [6, 6.07) is 3.26. The van der Waals surface area contributed by atoms with Gasteiger partial charge in [-0.2, -0.15) is 0 Å². The standard InChI is InChI=1S/C14H17ClN2O3/c1-8-9(2)20-13(17-8)7-16-6-10-4-11(15)5-12(19-3)14(10)18/h4-5,16,18H,6-7H2,1-3H3. The molecule has 5 nitrogen and oxygen atoms in total. The Morgan fingerprint density at radius 3 is 2.70 bits per heavy atom. The number of ether oxygens (including phenoxy) is 1. The lowest BCUT2D eigenvalue weighted by Gasteiger charge is -2.10. The van der Waals surface area contributed by atoms with Gasteiger partial charge in [0.25, 0.3) is 0 Å². The van der Waals surface area contributed by atoms with Crippen LogP contribution in [0.25, 0.3) is 0 Å². The summed E-state index contributed by atoms with van der Waals surface area (Å²) in [4.78, 5) is 4.27. The molecule has 0 bridgehead atoms. The second kappa shape index (κ2) is 6.15. The van der Waals surface area contributed by atoms with Crippen LogP contribution in [0.2, 0.25) is 5.02 Å². The van der Waals surface area contributed by atoms with Crippen molar-refractivity contribution in [2.45, 2.75) is 26.9 Å². The van der Waals surface area contributed by atoms with Crippen molar-refractivity contribution >= 4 is 11.6 Å². The number of nitrogens with zero attached hydrogens (tertiary/aromatic N) is 1. The summed E-state index contributed by atoms with van der Waals surface area (Å²) in [7, 11) is 1.49. The van der Waals surface area contributed by atoms with E-state index in [0.29, 0.717) is 35.3 Å². The lowest BCUT2D eigenvalue weighted by molar-refractivity contribution is 0.369. The number of nitrogens with one attached hydrogen (secondary N) is 1. The first kappa shape index (κ1) is 14.7. The highest BCUT2D eigenvalue weighted by atomic mass is 35.5. The fourth-order valence-corrected chi connectivity index (χ4v) is 2.07. The first-order valence-electron chi connectivity index (χ1n) is 6.20. The topological polar surface area (TPSA) is 67.5 Å². The van der Waals surface area contributed by atoms with Crippen LogP contribution in [-0.4, -0.2) is 17.2 Å². The minimum atomic E-state index is 0.0872. The van der Waals surface area contributed by atoms with Crippen LogP contribution in [0.1, 0.15) is 22.9 Å². The maximum absolute atomic E-state index is 10.00. The highest BCUT2D eigenvalue weighted by Gasteiger charge is 2.10. The third-order valence-electron chi connectivity index (χ3n) is 3.00. The molecule has 0 saturated carbocycles. The molecule has 1 heterocycles. The number of aryl methyl sites for hydroxylation is 2. The molecule has 0 atom stereocenters. The van der Waals surface area contributed by atoms with Crippen molar-refractivity contribution in [2.24, 2.45) is 0 Å². The average Bonchev–Trinajstić information content (AvgIpc) is 2.72. The summed E-state index contributed by atoms with van der Waals surface area (Å²) in [5.74, 6) is 1.88. The van der Waals surface area contributed by atoms with Crippen LogP contribution in [0.5, 0.6) is 11.5 Å². The maximum atomic E-state index is 10.00. The number of benzene rings is 1. The summed E-state index contributed by atoms with van der Waals surface area (Å²) < 4.78 is 10.5. The fraction of sp³-hybridized carbons (Fsp3) is 0.357. The minimum Gasteiger partial charge on any atom is -0.504 e. The maximum Gasteiger partial charge on any atom is 0.208 e. The fourth-order valence-electron chi connectivity index (χ4n) is 1.84. The Morgan fingerprint density at radius 1 is 1.35 bits per heavy atom. The number of hydrogen-bond donors (Lipinski definition) is 2. The SMILES string of the molecule is COc1cc(Cl)cc(CNCc2nc(C)c(C)o2)c1O. The Bertz CT molecular complexity index is 591. The molecule has 0 aliphatic rings. The monoisotopic (exact) mass is 296 g/mol. The van der Waals surface area contributed by atoms with Crippen molar-refractivity contribution in [1.82, 2.24) is 10.3 Å². The number of phenolic OH excluding ortho intramolecular Hbond substituents is 1. The van der Waals surface area contributed by atoms with Crippen molar-refractivity contribution in [1.29, 1.82) is 0 Å². The van der Waals surface area contributed by atoms with E-state index in [0.717, 1.165) is 11.5 Å². The van der Waals surface area contributed by atoms with Gasteiger partial charge >= 0.3 is 0 Å². The van der Waals surface area contributed by atoms with Gasteiger partial charge in [-0.15, -0.1) is 0 Å². The number of aromatic hydroxyl groups is 1. The second-order valence-corrected chi connectivity index (χ2v) is 4.90. The van der Waals surface area contributed by atoms with E-state index in [4.69, 9.17) is 20.8 Å². The number of phenols is 1. The molecule has 108 valence electrons. The Morgan fingerprint density at radius 2 is 2.10 bits per heavy atom. The number of oxazole rings is 1. The van der Waals surface area contributed by atoms with Crippen molar-refractivity contribution in [3.05, 3.63) is 40.1 Å². The Kier molecular flexibility index (Phi) is 4.52. The van der Waals surface area contributed by atoms with Crippen molar-refractivity contribution in [2.75, 3.05) is 7.11 Å². The van der Waals surface area contributed by atoms with Gasteiger partial charge in [-0.25, -0.2) is 4.98 Å². The number of methoxy groups -OCH3 is 1. The van der Waals surface area contributed by atoms with E-state index in [2.05, 4.69) is 10.3 Å². The molecule has 2 aromatic rings. The van der Waals surface area contributed by atoms with E-state index >= 15 is 0 Å². The van der Waals surface area contributed by atoms with Crippen LogP contribution in [-0.2, 0) is 13.1 Å². The molecule has 2 rings (SSSR count). The lowest BCUT2D eigenvalue weighted by atomic mass is 10.2. The van der Waals surface area contributed by atoms with Crippen molar-refractivity contribution in [3.8, 4) is 11.5 Å². The molecule has 0 radical (unpaired) electrons. The molecule has 0 spiro atoms. The van der Waals surface area contributed by atoms with Crippen molar-refractivity contribution < 1.29 is 14.3 Å². The second-order valence-electron chi connectivity index (χ2n) is 4.47. The van der Waals surface area contributed by atoms with Gasteiger partial charge in [-0.05, 0) is 19.9 Å². The van der Waals surface area contributed by atoms with Gasteiger partial charge in [0.05, 0.1) is 19.3 Å². The predicted molar refractivity (Wildman–Crippen MR) is 76.2 cm³/mol. The van der Waals surface area contributed by atoms with Gasteiger partial charge in [0.15, 0.2) is 11.5 Å². The minimum absolute atomic E-state index is 0.0872. The van der Waals surface area contributed by atoms with Gasteiger partial charge in [0, 0.05) is 23.2 Å². The average molecular weight is 297 g/mol. The highest BCUT2D eigenvalue weighted by Crippen LogP contribution is 2.33. The highest BCUT2D eigenvalue weighted by molar-refractivity contribution is 6.30. The third-order valence-corrected chi connectivity index (χ3v) is 3.22. The predicted octanol–water partition coefficient (Wildman–Crippen LogP) is 2.95. The molecular weight excluding hydrogens is 280 g/mol. The Labute approximate surface area is 122 Å². The number of aromatic nitrogens is 1. The molecule has 6 heteroatoms. The zero-order valence-electron chi connectivity index (χ0n) is 11.7. The lowest BCUT2D eigenvalue weighted by Crippen LogP contribution is -2.13. The van der Waals surface area contributed by atoms with Crippen LogP contribution in [0, 0.1) is 13.8 Å². The van der Waals surface area contributed by atoms with Crippen LogP contribution in [0.3, 0.4) is 0 Å². The molecule has 0 amide bonds. The van der Waals surface area contributed by atoms with E-state index in [1.165, 1.54) is 7.11 Å².